The molecule has 0 radical (unpaired) electrons. The van der Waals surface area contributed by atoms with Gasteiger partial charge in [-0.05, 0) is 45.0 Å². The van der Waals surface area contributed by atoms with Crippen molar-refractivity contribution in [2.75, 3.05) is 44.2 Å². The molecule has 1 N–H and O–H groups in total. The maximum absolute atomic E-state index is 12.6. The number of hydrogen-bond donors (Lipinski definition) is 1. The molecule has 1 spiro atoms. The molecule has 4 heterocycles. The van der Waals surface area contributed by atoms with Crippen molar-refractivity contribution in [3.63, 3.8) is 0 Å². The van der Waals surface area contributed by atoms with Crippen molar-refractivity contribution < 1.29 is 9.59 Å². The summed E-state index contributed by atoms with van der Waals surface area (Å²) in [6.07, 6.45) is 5.59. The van der Waals surface area contributed by atoms with Crippen LogP contribution in [0.3, 0.4) is 0 Å². The lowest BCUT2D eigenvalue weighted by molar-refractivity contribution is -0.133. The standard InChI is InChI=1S/C19H27N5O2/c1-2-24-17-15(6-5-9-20-17)18(26)21-19(24)7-12-23(13-8-19)16(25)14-22-10-3-4-11-22/h5-6,9H,2-4,7-8,10-14H2,1H3,(H,21,26). The molecule has 0 saturated carbocycles. The smallest absolute Gasteiger partial charge is 0.256 e. The topological polar surface area (TPSA) is 68.8 Å². The van der Waals surface area contributed by atoms with Crippen molar-refractivity contribution in [1.29, 1.82) is 0 Å². The number of nitrogens with one attached hydrogen (secondary N) is 1. The molecule has 3 aliphatic rings. The number of hydrogen-bond acceptors (Lipinski definition) is 5. The normalized spacial score (nSPS) is 22.4. The lowest BCUT2D eigenvalue weighted by Gasteiger charge is -2.52. The van der Waals surface area contributed by atoms with Gasteiger partial charge in [-0.25, -0.2) is 4.98 Å². The second kappa shape index (κ2) is 6.87. The first-order chi connectivity index (χ1) is 12.6. The number of rotatable bonds is 3. The zero-order chi connectivity index (χ0) is 18.1. The lowest BCUT2D eigenvalue weighted by Crippen LogP contribution is -2.68. The van der Waals surface area contributed by atoms with Gasteiger partial charge in [0.05, 0.1) is 12.1 Å². The van der Waals surface area contributed by atoms with Crippen molar-refractivity contribution in [3.8, 4) is 0 Å². The van der Waals surface area contributed by atoms with E-state index in [-0.39, 0.29) is 11.8 Å². The van der Waals surface area contributed by atoms with E-state index >= 15 is 0 Å². The molecule has 140 valence electrons. The minimum absolute atomic E-state index is 0.0605. The molecule has 3 aliphatic heterocycles. The highest BCUT2D eigenvalue weighted by molar-refractivity contribution is 6.01. The van der Waals surface area contributed by atoms with E-state index in [1.165, 1.54) is 12.8 Å². The number of carbonyl (C=O) groups excluding carboxylic acids is 2. The van der Waals surface area contributed by atoms with Crippen LogP contribution in [0, 0.1) is 0 Å². The van der Waals surface area contributed by atoms with Gasteiger partial charge in [-0.15, -0.1) is 0 Å². The Morgan fingerprint density at radius 2 is 1.96 bits per heavy atom. The minimum Gasteiger partial charge on any atom is -0.341 e. The van der Waals surface area contributed by atoms with Gasteiger partial charge >= 0.3 is 0 Å². The average molecular weight is 357 g/mol. The number of fused-ring (bicyclic) bond motifs is 1. The van der Waals surface area contributed by atoms with Crippen LogP contribution in [0.15, 0.2) is 18.3 Å². The molecular formula is C19H27N5O2. The number of amides is 2. The van der Waals surface area contributed by atoms with Gasteiger partial charge in [0.2, 0.25) is 5.91 Å². The molecule has 1 aromatic rings. The van der Waals surface area contributed by atoms with Crippen LogP contribution >= 0.6 is 0 Å². The van der Waals surface area contributed by atoms with Crippen molar-refractivity contribution in [1.82, 2.24) is 20.1 Å². The number of likely N-dealkylation sites (tertiary alicyclic amines) is 2. The number of carbonyl (C=O) groups is 2. The van der Waals surface area contributed by atoms with Gasteiger partial charge in [0.15, 0.2) is 0 Å². The average Bonchev–Trinajstić information content (AvgIpc) is 3.16. The fraction of sp³-hybridized carbons (Fsp3) is 0.632. The van der Waals surface area contributed by atoms with Crippen LogP contribution < -0.4 is 10.2 Å². The summed E-state index contributed by atoms with van der Waals surface area (Å²) in [5, 5.41) is 3.22. The predicted molar refractivity (Wildman–Crippen MR) is 98.9 cm³/mol. The van der Waals surface area contributed by atoms with Crippen molar-refractivity contribution >= 4 is 17.6 Å². The first-order valence-electron chi connectivity index (χ1n) is 9.68. The van der Waals surface area contributed by atoms with E-state index in [9.17, 15) is 9.59 Å². The largest absolute Gasteiger partial charge is 0.341 e. The molecule has 1 aromatic heterocycles. The third kappa shape index (κ3) is 2.94. The van der Waals surface area contributed by atoms with E-state index in [0.717, 1.165) is 38.3 Å². The summed E-state index contributed by atoms with van der Waals surface area (Å²) in [7, 11) is 0. The zero-order valence-corrected chi connectivity index (χ0v) is 15.4. The molecule has 2 amide bonds. The van der Waals surface area contributed by atoms with Gasteiger partial charge < -0.3 is 15.1 Å². The second-order valence-corrected chi connectivity index (χ2v) is 7.47. The Morgan fingerprint density at radius 1 is 1.23 bits per heavy atom. The van der Waals surface area contributed by atoms with Crippen molar-refractivity contribution in [3.05, 3.63) is 23.9 Å². The van der Waals surface area contributed by atoms with E-state index in [0.29, 0.717) is 25.2 Å². The van der Waals surface area contributed by atoms with Crippen LogP contribution in [-0.4, -0.2) is 71.5 Å². The summed E-state index contributed by atoms with van der Waals surface area (Å²) < 4.78 is 0. The summed E-state index contributed by atoms with van der Waals surface area (Å²) in [6, 6.07) is 3.62. The Labute approximate surface area is 154 Å². The van der Waals surface area contributed by atoms with Gasteiger partial charge in [-0.3, -0.25) is 14.5 Å². The maximum Gasteiger partial charge on any atom is 0.256 e. The van der Waals surface area contributed by atoms with E-state index in [4.69, 9.17) is 0 Å². The molecule has 4 rings (SSSR count). The number of pyridine rings is 1. The third-order valence-electron chi connectivity index (χ3n) is 5.97. The first-order valence-corrected chi connectivity index (χ1v) is 9.68. The van der Waals surface area contributed by atoms with E-state index in [2.05, 4.69) is 27.0 Å². The monoisotopic (exact) mass is 357 g/mol. The second-order valence-electron chi connectivity index (χ2n) is 7.47. The zero-order valence-electron chi connectivity index (χ0n) is 15.4. The molecule has 0 unspecified atom stereocenters. The highest BCUT2D eigenvalue weighted by Gasteiger charge is 2.46. The molecule has 0 bridgehead atoms. The molecule has 7 nitrogen and oxygen atoms in total. The van der Waals surface area contributed by atoms with E-state index in [1.807, 2.05) is 11.0 Å². The Bertz CT molecular complexity index is 693. The Hall–Kier alpha value is -2.15. The Kier molecular flexibility index (Phi) is 4.56. The maximum atomic E-state index is 12.6. The van der Waals surface area contributed by atoms with Gasteiger partial charge in [-0.1, -0.05) is 0 Å². The molecule has 7 heteroatoms. The Balaban J connectivity index is 1.47. The van der Waals surface area contributed by atoms with Crippen LogP contribution in [0.25, 0.3) is 0 Å². The summed E-state index contributed by atoms with van der Waals surface area (Å²) in [4.78, 5) is 36.1. The molecule has 0 atom stereocenters. The van der Waals surface area contributed by atoms with Gasteiger partial charge in [0.25, 0.3) is 5.91 Å². The van der Waals surface area contributed by atoms with Crippen LogP contribution in [0.4, 0.5) is 5.82 Å². The quantitative estimate of drug-likeness (QED) is 0.876. The number of aromatic nitrogens is 1. The molecule has 0 aliphatic carbocycles. The van der Waals surface area contributed by atoms with Gasteiger partial charge in [0.1, 0.15) is 11.5 Å². The van der Waals surface area contributed by atoms with Gasteiger partial charge in [-0.2, -0.15) is 0 Å². The van der Waals surface area contributed by atoms with E-state index < -0.39 is 5.66 Å². The lowest BCUT2D eigenvalue weighted by atomic mass is 9.91. The highest BCUT2D eigenvalue weighted by atomic mass is 16.2. The minimum atomic E-state index is -0.433. The Morgan fingerprint density at radius 3 is 2.65 bits per heavy atom. The van der Waals surface area contributed by atoms with Crippen molar-refractivity contribution in [2.45, 2.75) is 38.3 Å². The SMILES string of the molecule is CCN1c2ncccc2C(=O)NC12CCN(C(=O)CN1CCCC1)CC2. The number of anilines is 1. The molecule has 2 saturated heterocycles. The predicted octanol–water partition coefficient (Wildman–Crippen LogP) is 1.07. The molecule has 0 aromatic carbocycles. The van der Waals surface area contributed by atoms with Crippen LogP contribution in [0.2, 0.25) is 0 Å². The molecular weight excluding hydrogens is 330 g/mol. The van der Waals surface area contributed by atoms with E-state index in [1.54, 1.807) is 12.3 Å². The third-order valence-corrected chi connectivity index (χ3v) is 5.97. The summed E-state index contributed by atoms with van der Waals surface area (Å²) in [5.41, 5.74) is 0.199. The molecule has 2 fully saturated rings. The van der Waals surface area contributed by atoms with Crippen LogP contribution in [0.5, 0.6) is 0 Å². The fourth-order valence-corrected chi connectivity index (χ4v) is 4.54. The molecule has 26 heavy (non-hydrogen) atoms. The highest BCUT2D eigenvalue weighted by Crippen LogP contribution is 2.35. The number of piperidine rings is 1. The number of nitrogens with zero attached hydrogens (tertiary/aromatic N) is 4. The summed E-state index contributed by atoms with van der Waals surface area (Å²) in [6.45, 7) is 6.80. The fourth-order valence-electron chi connectivity index (χ4n) is 4.54. The van der Waals surface area contributed by atoms with Crippen LogP contribution in [-0.2, 0) is 4.79 Å². The first kappa shape index (κ1) is 17.3. The van der Waals surface area contributed by atoms with Crippen molar-refractivity contribution in [2.24, 2.45) is 0 Å². The summed E-state index contributed by atoms with van der Waals surface area (Å²) >= 11 is 0. The van der Waals surface area contributed by atoms with Crippen LogP contribution in [0.1, 0.15) is 43.0 Å². The van der Waals surface area contributed by atoms with Gasteiger partial charge in [0, 0.05) is 38.7 Å². The summed E-state index contributed by atoms with van der Waals surface area (Å²) in [5.74, 6) is 0.913.